The maximum absolute atomic E-state index is 13.4. The van der Waals surface area contributed by atoms with Crippen molar-refractivity contribution in [3.05, 3.63) is 48.5 Å². The third-order valence-electron chi connectivity index (χ3n) is 4.74. The van der Waals surface area contributed by atoms with Crippen LogP contribution in [0.1, 0.15) is 12.8 Å². The largest absolute Gasteiger partial charge is 0.336 e. The second-order valence-corrected chi connectivity index (χ2v) is 7.92. The number of anilines is 1. The Morgan fingerprint density at radius 1 is 1.04 bits per heavy atom. The van der Waals surface area contributed by atoms with Crippen molar-refractivity contribution in [2.24, 2.45) is 0 Å². The SMILES string of the molecule is O=S(=O)(c1cccc(F)c1)N1CC[C@@H]2[C@@H]1CCN2c1ncccn1. The van der Waals surface area contributed by atoms with Gasteiger partial charge in [0.05, 0.1) is 4.90 Å². The summed E-state index contributed by atoms with van der Waals surface area (Å²) < 4.78 is 40.7. The van der Waals surface area contributed by atoms with Gasteiger partial charge in [-0.1, -0.05) is 6.07 Å². The lowest BCUT2D eigenvalue weighted by Gasteiger charge is -2.25. The monoisotopic (exact) mass is 348 g/mol. The van der Waals surface area contributed by atoms with E-state index in [4.69, 9.17) is 0 Å². The van der Waals surface area contributed by atoms with Crippen molar-refractivity contribution in [1.29, 1.82) is 0 Å². The third-order valence-corrected chi connectivity index (χ3v) is 6.66. The highest BCUT2D eigenvalue weighted by Crippen LogP contribution is 2.36. The highest BCUT2D eigenvalue weighted by atomic mass is 32.2. The summed E-state index contributed by atoms with van der Waals surface area (Å²) in [5, 5.41) is 0. The van der Waals surface area contributed by atoms with E-state index in [1.807, 2.05) is 0 Å². The summed E-state index contributed by atoms with van der Waals surface area (Å²) >= 11 is 0. The molecule has 3 heterocycles. The number of hydrogen-bond donors (Lipinski definition) is 0. The van der Waals surface area contributed by atoms with Crippen LogP contribution in [0.25, 0.3) is 0 Å². The van der Waals surface area contributed by atoms with Crippen LogP contribution in [0.4, 0.5) is 10.3 Å². The summed E-state index contributed by atoms with van der Waals surface area (Å²) in [6.07, 6.45) is 4.81. The molecule has 1 aromatic carbocycles. The molecule has 24 heavy (non-hydrogen) atoms. The van der Waals surface area contributed by atoms with Gasteiger partial charge in [0.15, 0.2) is 0 Å². The number of aromatic nitrogens is 2. The van der Waals surface area contributed by atoms with Crippen molar-refractivity contribution in [1.82, 2.24) is 14.3 Å². The molecule has 1 aromatic heterocycles. The van der Waals surface area contributed by atoms with E-state index in [0.29, 0.717) is 19.0 Å². The first-order valence-corrected chi connectivity index (χ1v) is 9.32. The molecule has 0 saturated carbocycles. The zero-order chi connectivity index (χ0) is 16.7. The molecule has 8 heteroatoms. The van der Waals surface area contributed by atoms with Crippen LogP contribution in [0, 0.1) is 5.82 Å². The Hall–Kier alpha value is -2.06. The Bertz CT molecular complexity index is 846. The molecule has 0 spiro atoms. The van der Waals surface area contributed by atoms with Crippen molar-refractivity contribution in [2.75, 3.05) is 18.0 Å². The van der Waals surface area contributed by atoms with Gasteiger partial charge in [0.1, 0.15) is 5.82 Å². The number of benzene rings is 1. The summed E-state index contributed by atoms with van der Waals surface area (Å²) in [7, 11) is -3.70. The first kappa shape index (κ1) is 15.5. The lowest BCUT2D eigenvalue weighted by Crippen LogP contribution is -2.40. The Labute approximate surface area is 140 Å². The maximum atomic E-state index is 13.4. The van der Waals surface area contributed by atoms with Crippen LogP contribution in [0.3, 0.4) is 0 Å². The first-order chi connectivity index (χ1) is 11.6. The molecule has 2 saturated heterocycles. The number of nitrogens with zero attached hydrogens (tertiary/aromatic N) is 4. The fourth-order valence-corrected chi connectivity index (χ4v) is 5.43. The van der Waals surface area contributed by atoms with Crippen LogP contribution in [0.5, 0.6) is 0 Å². The fraction of sp³-hybridized carbons (Fsp3) is 0.375. The van der Waals surface area contributed by atoms with Gasteiger partial charge in [-0.05, 0) is 37.1 Å². The molecule has 6 nitrogen and oxygen atoms in total. The Balaban J connectivity index is 1.62. The molecule has 0 bridgehead atoms. The molecule has 2 aliphatic heterocycles. The van der Waals surface area contributed by atoms with E-state index >= 15 is 0 Å². The summed E-state index contributed by atoms with van der Waals surface area (Å²) in [6.45, 7) is 1.14. The molecule has 0 amide bonds. The molecule has 2 fully saturated rings. The van der Waals surface area contributed by atoms with Crippen molar-refractivity contribution < 1.29 is 12.8 Å². The van der Waals surface area contributed by atoms with E-state index in [1.54, 1.807) is 18.5 Å². The third kappa shape index (κ3) is 2.46. The van der Waals surface area contributed by atoms with Crippen LogP contribution in [-0.2, 0) is 10.0 Å². The highest BCUT2D eigenvalue weighted by Gasteiger charge is 2.48. The van der Waals surface area contributed by atoms with Gasteiger partial charge in [0, 0.05) is 37.6 Å². The number of rotatable bonds is 3. The molecular weight excluding hydrogens is 331 g/mol. The molecule has 0 unspecified atom stereocenters. The van der Waals surface area contributed by atoms with Gasteiger partial charge in [0.2, 0.25) is 16.0 Å². The van der Waals surface area contributed by atoms with Crippen LogP contribution >= 0.6 is 0 Å². The highest BCUT2D eigenvalue weighted by molar-refractivity contribution is 7.89. The summed E-state index contributed by atoms with van der Waals surface area (Å²) in [4.78, 5) is 10.6. The second kappa shape index (κ2) is 5.78. The van der Waals surface area contributed by atoms with Crippen molar-refractivity contribution in [3.63, 3.8) is 0 Å². The van der Waals surface area contributed by atoms with Crippen LogP contribution in [0.2, 0.25) is 0 Å². The number of fused-ring (bicyclic) bond motifs is 1. The average molecular weight is 348 g/mol. The predicted molar refractivity (Wildman–Crippen MR) is 86.5 cm³/mol. The lowest BCUT2D eigenvalue weighted by atomic mass is 10.1. The first-order valence-electron chi connectivity index (χ1n) is 7.88. The average Bonchev–Trinajstić information content (AvgIpc) is 3.17. The van der Waals surface area contributed by atoms with E-state index in [1.165, 1.54) is 22.5 Å². The Morgan fingerprint density at radius 3 is 2.54 bits per heavy atom. The molecule has 4 rings (SSSR count). The lowest BCUT2D eigenvalue weighted by molar-refractivity contribution is 0.387. The Kier molecular flexibility index (Phi) is 3.73. The normalized spacial score (nSPS) is 24.3. The predicted octanol–water partition coefficient (Wildman–Crippen LogP) is 1.66. The molecule has 2 aromatic rings. The van der Waals surface area contributed by atoms with Gasteiger partial charge in [-0.3, -0.25) is 0 Å². The maximum Gasteiger partial charge on any atom is 0.243 e. The van der Waals surface area contributed by atoms with Gasteiger partial charge < -0.3 is 4.90 Å². The zero-order valence-corrected chi connectivity index (χ0v) is 13.7. The molecule has 126 valence electrons. The van der Waals surface area contributed by atoms with E-state index in [0.717, 1.165) is 18.9 Å². The molecule has 0 N–H and O–H groups in total. The van der Waals surface area contributed by atoms with Crippen molar-refractivity contribution >= 4 is 16.0 Å². The van der Waals surface area contributed by atoms with E-state index in [9.17, 15) is 12.8 Å². The topological polar surface area (TPSA) is 66.4 Å². The minimum Gasteiger partial charge on any atom is -0.336 e. The van der Waals surface area contributed by atoms with Crippen molar-refractivity contribution in [2.45, 2.75) is 29.8 Å². The van der Waals surface area contributed by atoms with E-state index in [2.05, 4.69) is 14.9 Å². The molecule has 0 aliphatic carbocycles. The van der Waals surface area contributed by atoms with Crippen LogP contribution < -0.4 is 4.90 Å². The molecule has 2 atom stereocenters. The fourth-order valence-electron chi connectivity index (χ4n) is 3.70. The number of halogens is 1. The zero-order valence-electron chi connectivity index (χ0n) is 12.9. The minimum atomic E-state index is -3.70. The van der Waals surface area contributed by atoms with Gasteiger partial charge in [-0.15, -0.1) is 0 Å². The molecule has 0 radical (unpaired) electrons. The van der Waals surface area contributed by atoms with Crippen molar-refractivity contribution in [3.8, 4) is 0 Å². The van der Waals surface area contributed by atoms with Gasteiger partial charge in [-0.2, -0.15) is 4.31 Å². The van der Waals surface area contributed by atoms with Gasteiger partial charge in [-0.25, -0.2) is 22.8 Å². The second-order valence-electron chi connectivity index (χ2n) is 6.03. The summed E-state index contributed by atoms with van der Waals surface area (Å²) in [5.41, 5.74) is 0. The Morgan fingerprint density at radius 2 is 1.79 bits per heavy atom. The van der Waals surface area contributed by atoms with Crippen LogP contribution in [0.15, 0.2) is 47.6 Å². The standard InChI is InChI=1S/C16H17FN4O2S/c17-12-3-1-4-13(11-12)24(22,23)21-10-6-14-15(21)5-9-20(14)16-18-7-2-8-19-16/h1-4,7-8,11,14-15H,5-6,9-10H2/t14-,15+/m1/s1. The minimum absolute atomic E-state index is 0.0116. The summed E-state index contributed by atoms with van der Waals surface area (Å²) in [5.74, 6) is 0.0903. The number of hydrogen-bond acceptors (Lipinski definition) is 5. The van der Waals surface area contributed by atoms with E-state index < -0.39 is 15.8 Å². The van der Waals surface area contributed by atoms with Crippen LogP contribution in [-0.4, -0.2) is 47.9 Å². The van der Waals surface area contributed by atoms with Gasteiger partial charge >= 0.3 is 0 Å². The number of sulfonamides is 1. The smallest absolute Gasteiger partial charge is 0.243 e. The van der Waals surface area contributed by atoms with Gasteiger partial charge in [0.25, 0.3) is 0 Å². The summed E-state index contributed by atoms with van der Waals surface area (Å²) in [6, 6.07) is 6.89. The molecular formula is C16H17FN4O2S. The molecule has 2 aliphatic rings. The quantitative estimate of drug-likeness (QED) is 0.844. The van der Waals surface area contributed by atoms with E-state index in [-0.39, 0.29) is 17.0 Å².